The zero-order valence-corrected chi connectivity index (χ0v) is 12.7. The van der Waals surface area contributed by atoms with Gasteiger partial charge in [0.05, 0.1) is 0 Å². The molecule has 0 aliphatic carbocycles. The molecule has 0 fully saturated rings. The number of hydrogen-bond donors (Lipinski definition) is 0. The highest BCUT2D eigenvalue weighted by Gasteiger charge is 2.06. The van der Waals surface area contributed by atoms with E-state index in [1.54, 1.807) is 0 Å². The highest BCUT2D eigenvalue weighted by Crippen LogP contribution is 2.17. The Hall–Kier alpha value is -1.15. The Bertz CT molecular complexity index is 519. The summed E-state index contributed by atoms with van der Waals surface area (Å²) in [6.45, 7) is 2.12. The molecule has 1 unspecified atom stereocenters. The van der Waals surface area contributed by atoms with Crippen molar-refractivity contribution in [2.45, 2.75) is 31.0 Å². The number of alkyl halides is 1. The van der Waals surface area contributed by atoms with Gasteiger partial charge >= 0.3 is 0 Å². The van der Waals surface area contributed by atoms with Gasteiger partial charge in [-0.05, 0) is 49.4 Å². The molecular weight excluding hydrogens is 303 g/mol. The predicted octanol–water partition coefficient (Wildman–Crippen LogP) is 5.07. The lowest BCUT2D eigenvalue weighted by Crippen LogP contribution is -2.04. The SMILES string of the molecule is Cc1cccc(CCC(Br)Cc2ccc(F)cc2)c1. The molecule has 0 aliphatic heterocycles. The molecule has 0 amide bonds. The lowest BCUT2D eigenvalue weighted by atomic mass is 10.0. The minimum atomic E-state index is -0.172. The molecule has 0 aliphatic rings. The van der Waals surface area contributed by atoms with Crippen LogP contribution in [0.4, 0.5) is 4.39 Å². The van der Waals surface area contributed by atoms with Crippen molar-refractivity contribution in [3.63, 3.8) is 0 Å². The molecular formula is C17H18BrF. The van der Waals surface area contributed by atoms with E-state index in [9.17, 15) is 4.39 Å². The van der Waals surface area contributed by atoms with Gasteiger partial charge in [0, 0.05) is 4.83 Å². The number of halogens is 2. The predicted molar refractivity (Wildman–Crippen MR) is 82.3 cm³/mol. The van der Waals surface area contributed by atoms with E-state index in [1.807, 2.05) is 12.1 Å². The summed E-state index contributed by atoms with van der Waals surface area (Å²) in [6, 6.07) is 15.4. The quantitative estimate of drug-likeness (QED) is 0.674. The Morgan fingerprint density at radius 3 is 2.47 bits per heavy atom. The van der Waals surface area contributed by atoms with Crippen molar-refractivity contribution in [3.05, 3.63) is 71.0 Å². The molecule has 0 saturated carbocycles. The molecule has 0 spiro atoms. The van der Waals surface area contributed by atoms with Crippen molar-refractivity contribution in [2.75, 3.05) is 0 Å². The van der Waals surface area contributed by atoms with E-state index >= 15 is 0 Å². The van der Waals surface area contributed by atoms with Crippen molar-refractivity contribution in [2.24, 2.45) is 0 Å². The van der Waals surface area contributed by atoms with Gasteiger partial charge in [-0.15, -0.1) is 0 Å². The molecule has 100 valence electrons. The lowest BCUT2D eigenvalue weighted by Gasteiger charge is -2.10. The summed E-state index contributed by atoms with van der Waals surface area (Å²) in [6.07, 6.45) is 3.09. The summed E-state index contributed by atoms with van der Waals surface area (Å²) < 4.78 is 12.8. The Kier molecular flexibility index (Phi) is 5.15. The Morgan fingerprint density at radius 2 is 1.79 bits per heavy atom. The molecule has 0 radical (unpaired) electrons. The number of benzene rings is 2. The summed E-state index contributed by atoms with van der Waals surface area (Å²) in [5.74, 6) is -0.172. The minimum Gasteiger partial charge on any atom is -0.207 e. The van der Waals surface area contributed by atoms with Crippen molar-refractivity contribution in [1.82, 2.24) is 0 Å². The second-order valence-electron chi connectivity index (χ2n) is 4.96. The standard InChI is InChI=1S/C17H18BrF/c1-13-3-2-4-14(11-13)5-8-16(18)12-15-6-9-17(19)10-7-15/h2-4,6-7,9-11,16H,5,8,12H2,1H3. The first-order valence-electron chi connectivity index (χ1n) is 6.57. The molecule has 0 bridgehead atoms. The van der Waals surface area contributed by atoms with Crippen LogP contribution >= 0.6 is 15.9 Å². The van der Waals surface area contributed by atoms with Crippen LogP contribution in [-0.2, 0) is 12.8 Å². The van der Waals surface area contributed by atoms with E-state index in [0.717, 1.165) is 19.3 Å². The van der Waals surface area contributed by atoms with Crippen molar-refractivity contribution >= 4 is 15.9 Å². The summed E-state index contributed by atoms with van der Waals surface area (Å²) in [7, 11) is 0. The molecule has 0 aromatic heterocycles. The smallest absolute Gasteiger partial charge is 0.123 e. The second-order valence-corrected chi connectivity index (χ2v) is 6.25. The minimum absolute atomic E-state index is 0.172. The largest absolute Gasteiger partial charge is 0.207 e. The molecule has 0 N–H and O–H groups in total. The molecule has 0 saturated heterocycles. The van der Waals surface area contributed by atoms with E-state index < -0.39 is 0 Å². The topological polar surface area (TPSA) is 0 Å². The number of rotatable bonds is 5. The van der Waals surface area contributed by atoms with E-state index in [0.29, 0.717) is 4.83 Å². The first-order valence-corrected chi connectivity index (χ1v) is 7.49. The normalized spacial score (nSPS) is 12.4. The lowest BCUT2D eigenvalue weighted by molar-refractivity contribution is 0.626. The fourth-order valence-corrected chi connectivity index (χ4v) is 2.77. The maximum absolute atomic E-state index is 12.8. The van der Waals surface area contributed by atoms with Gasteiger partial charge in [-0.1, -0.05) is 57.9 Å². The maximum Gasteiger partial charge on any atom is 0.123 e. The van der Waals surface area contributed by atoms with Gasteiger partial charge in [0.2, 0.25) is 0 Å². The van der Waals surface area contributed by atoms with Crippen molar-refractivity contribution in [3.8, 4) is 0 Å². The third-order valence-electron chi connectivity index (χ3n) is 3.20. The van der Waals surface area contributed by atoms with Gasteiger partial charge in [0.1, 0.15) is 5.82 Å². The Balaban J connectivity index is 1.84. The molecule has 2 aromatic rings. The summed E-state index contributed by atoms with van der Waals surface area (Å²) >= 11 is 3.72. The maximum atomic E-state index is 12.8. The molecule has 0 nitrogen and oxygen atoms in total. The molecule has 1 atom stereocenters. The van der Waals surface area contributed by atoms with Crippen molar-refractivity contribution in [1.29, 1.82) is 0 Å². The molecule has 2 aromatic carbocycles. The summed E-state index contributed by atoms with van der Waals surface area (Å²) in [5, 5.41) is 0. The molecule has 2 heteroatoms. The Morgan fingerprint density at radius 1 is 1.05 bits per heavy atom. The average Bonchev–Trinajstić information content (AvgIpc) is 2.39. The van der Waals surface area contributed by atoms with Gasteiger partial charge in [0.15, 0.2) is 0 Å². The zero-order valence-electron chi connectivity index (χ0n) is 11.1. The van der Waals surface area contributed by atoms with Gasteiger partial charge in [-0.2, -0.15) is 0 Å². The molecule has 19 heavy (non-hydrogen) atoms. The monoisotopic (exact) mass is 320 g/mol. The second kappa shape index (κ2) is 6.85. The molecule has 2 rings (SSSR count). The van der Waals surface area contributed by atoms with Gasteiger partial charge < -0.3 is 0 Å². The number of aryl methyl sites for hydroxylation is 2. The van der Waals surface area contributed by atoms with Gasteiger partial charge in [-0.25, -0.2) is 4.39 Å². The van der Waals surface area contributed by atoms with Crippen LogP contribution in [0.2, 0.25) is 0 Å². The first kappa shape index (κ1) is 14.3. The van der Waals surface area contributed by atoms with Crippen molar-refractivity contribution < 1.29 is 4.39 Å². The van der Waals surface area contributed by atoms with Crippen LogP contribution in [0.3, 0.4) is 0 Å². The summed E-state index contributed by atoms with van der Waals surface area (Å²) in [5.41, 5.74) is 3.86. The van der Waals surface area contributed by atoms with Gasteiger partial charge in [0.25, 0.3) is 0 Å². The third kappa shape index (κ3) is 4.79. The van der Waals surface area contributed by atoms with E-state index in [1.165, 1.54) is 28.8 Å². The van der Waals surface area contributed by atoms with Crippen LogP contribution in [-0.4, -0.2) is 4.83 Å². The highest BCUT2D eigenvalue weighted by atomic mass is 79.9. The third-order valence-corrected chi connectivity index (χ3v) is 3.98. The Labute approximate surface area is 122 Å². The van der Waals surface area contributed by atoms with Crippen LogP contribution < -0.4 is 0 Å². The number of hydrogen-bond acceptors (Lipinski definition) is 0. The zero-order chi connectivity index (χ0) is 13.7. The van der Waals surface area contributed by atoms with Crippen LogP contribution in [0.1, 0.15) is 23.1 Å². The average molecular weight is 321 g/mol. The van der Waals surface area contributed by atoms with E-state index in [-0.39, 0.29) is 5.82 Å². The van der Waals surface area contributed by atoms with Crippen LogP contribution in [0, 0.1) is 12.7 Å². The fourth-order valence-electron chi connectivity index (χ4n) is 2.17. The van der Waals surface area contributed by atoms with Crippen LogP contribution in [0.15, 0.2) is 48.5 Å². The van der Waals surface area contributed by atoms with E-state index in [2.05, 4.69) is 47.1 Å². The van der Waals surface area contributed by atoms with E-state index in [4.69, 9.17) is 0 Å². The molecule has 0 heterocycles. The fraction of sp³-hybridized carbons (Fsp3) is 0.294. The van der Waals surface area contributed by atoms with Gasteiger partial charge in [-0.3, -0.25) is 0 Å². The van der Waals surface area contributed by atoms with Crippen LogP contribution in [0.5, 0.6) is 0 Å². The first-order chi connectivity index (χ1) is 9.13. The highest BCUT2D eigenvalue weighted by molar-refractivity contribution is 9.09. The van der Waals surface area contributed by atoms with Crippen LogP contribution in [0.25, 0.3) is 0 Å². The summed E-state index contributed by atoms with van der Waals surface area (Å²) in [4.78, 5) is 0.429.